The van der Waals surface area contributed by atoms with E-state index in [0.29, 0.717) is 18.7 Å². The third kappa shape index (κ3) is 3.53. The number of rotatable bonds is 4. The van der Waals surface area contributed by atoms with Crippen LogP contribution < -0.4 is 9.62 Å². The first-order valence-electron chi connectivity index (χ1n) is 7.54. The molecule has 0 unspecified atom stereocenters. The first-order valence-corrected chi connectivity index (χ1v) is 9.03. The van der Waals surface area contributed by atoms with Crippen LogP contribution >= 0.6 is 0 Å². The molecule has 2 aromatic rings. The predicted octanol–water partition coefficient (Wildman–Crippen LogP) is 3.00. The third-order valence-corrected chi connectivity index (χ3v) is 5.18. The van der Waals surface area contributed by atoms with Crippen LogP contribution in [0.4, 0.5) is 11.4 Å². The summed E-state index contributed by atoms with van der Waals surface area (Å²) in [5.41, 5.74) is 1.17. The molecule has 0 saturated carbocycles. The van der Waals surface area contributed by atoms with Gasteiger partial charge in [-0.2, -0.15) is 0 Å². The second-order valence-electron chi connectivity index (χ2n) is 5.47. The molecule has 1 heterocycles. The van der Waals surface area contributed by atoms with Crippen molar-refractivity contribution in [1.29, 1.82) is 0 Å². The standard InChI is InChI=1S/C17H18N2O3S/c20-17-11-4-5-12-19(17)15-8-6-7-14(13-15)18-23(21,22)16-9-2-1-3-10-16/h1-3,6-10,13,18H,4-5,11-12H2. The summed E-state index contributed by atoms with van der Waals surface area (Å²) in [7, 11) is -3.63. The molecule has 0 spiro atoms. The normalized spacial score (nSPS) is 15.5. The van der Waals surface area contributed by atoms with Crippen molar-refractivity contribution in [2.45, 2.75) is 24.2 Å². The number of carbonyl (C=O) groups excluding carboxylic acids is 1. The molecule has 1 N–H and O–H groups in total. The molecule has 1 aliphatic rings. The lowest BCUT2D eigenvalue weighted by Crippen LogP contribution is -2.35. The molecule has 0 aliphatic carbocycles. The zero-order chi connectivity index (χ0) is 16.3. The van der Waals surface area contributed by atoms with Gasteiger partial charge in [0.2, 0.25) is 5.91 Å². The number of benzene rings is 2. The zero-order valence-corrected chi connectivity index (χ0v) is 13.4. The number of nitrogens with zero attached hydrogens (tertiary/aromatic N) is 1. The number of hydrogen-bond acceptors (Lipinski definition) is 3. The van der Waals surface area contributed by atoms with Crippen molar-refractivity contribution in [1.82, 2.24) is 0 Å². The van der Waals surface area contributed by atoms with E-state index < -0.39 is 10.0 Å². The quantitative estimate of drug-likeness (QED) is 0.937. The molecule has 120 valence electrons. The van der Waals surface area contributed by atoms with Gasteiger partial charge in [0, 0.05) is 18.7 Å². The van der Waals surface area contributed by atoms with Crippen LogP contribution in [0, 0.1) is 0 Å². The van der Waals surface area contributed by atoms with Crippen molar-refractivity contribution in [3.63, 3.8) is 0 Å². The van der Waals surface area contributed by atoms with Gasteiger partial charge < -0.3 is 4.90 Å². The fourth-order valence-corrected chi connectivity index (χ4v) is 3.70. The Morgan fingerprint density at radius 1 is 0.957 bits per heavy atom. The number of anilines is 2. The lowest BCUT2D eigenvalue weighted by Gasteiger charge is -2.27. The smallest absolute Gasteiger partial charge is 0.261 e. The molecular formula is C17H18N2O3S. The summed E-state index contributed by atoms with van der Waals surface area (Å²) < 4.78 is 27.3. The fraction of sp³-hybridized carbons (Fsp3) is 0.235. The topological polar surface area (TPSA) is 66.5 Å². The minimum Gasteiger partial charge on any atom is -0.312 e. The van der Waals surface area contributed by atoms with Crippen LogP contribution in [0.15, 0.2) is 59.5 Å². The van der Waals surface area contributed by atoms with E-state index in [-0.39, 0.29) is 10.8 Å². The maximum atomic E-state index is 12.4. The minimum absolute atomic E-state index is 0.0827. The van der Waals surface area contributed by atoms with Crippen LogP contribution in [0.5, 0.6) is 0 Å². The maximum Gasteiger partial charge on any atom is 0.261 e. The highest BCUT2D eigenvalue weighted by Gasteiger charge is 2.20. The van der Waals surface area contributed by atoms with E-state index >= 15 is 0 Å². The van der Waals surface area contributed by atoms with Crippen molar-refractivity contribution in [3.05, 3.63) is 54.6 Å². The van der Waals surface area contributed by atoms with Gasteiger partial charge in [-0.15, -0.1) is 0 Å². The van der Waals surface area contributed by atoms with E-state index in [1.54, 1.807) is 53.4 Å². The monoisotopic (exact) mass is 330 g/mol. The van der Waals surface area contributed by atoms with Crippen LogP contribution in [-0.2, 0) is 14.8 Å². The summed E-state index contributed by atoms with van der Waals surface area (Å²) in [6.07, 6.45) is 2.42. The van der Waals surface area contributed by atoms with Gasteiger partial charge in [-0.1, -0.05) is 24.3 Å². The average molecular weight is 330 g/mol. The highest BCUT2D eigenvalue weighted by Crippen LogP contribution is 2.25. The second-order valence-corrected chi connectivity index (χ2v) is 7.15. The van der Waals surface area contributed by atoms with E-state index in [1.165, 1.54) is 0 Å². The van der Waals surface area contributed by atoms with Crippen LogP contribution in [-0.4, -0.2) is 20.9 Å². The van der Waals surface area contributed by atoms with Crippen molar-refractivity contribution >= 4 is 27.3 Å². The lowest BCUT2D eigenvalue weighted by atomic mass is 10.1. The van der Waals surface area contributed by atoms with Crippen LogP contribution in [0.25, 0.3) is 0 Å². The number of hydrogen-bond donors (Lipinski definition) is 1. The van der Waals surface area contributed by atoms with E-state index in [9.17, 15) is 13.2 Å². The second kappa shape index (κ2) is 6.42. The Labute approximate surface area is 136 Å². The molecule has 0 bridgehead atoms. The fourth-order valence-electron chi connectivity index (χ4n) is 2.63. The maximum absolute atomic E-state index is 12.4. The van der Waals surface area contributed by atoms with Crippen molar-refractivity contribution in [2.24, 2.45) is 0 Å². The minimum atomic E-state index is -3.63. The van der Waals surface area contributed by atoms with Crippen molar-refractivity contribution in [2.75, 3.05) is 16.2 Å². The van der Waals surface area contributed by atoms with Crippen molar-refractivity contribution < 1.29 is 13.2 Å². The van der Waals surface area contributed by atoms with Gasteiger partial charge in [0.1, 0.15) is 0 Å². The molecule has 2 aromatic carbocycles. The molecule has 3 rings (SSSR count). The van der Waals surface area contributed by atoms with Gasteiger partial charge in [-0.05, 0) is 43.2 Å². The van der Waals surface area contributed by atoms with E-state index in [1.807, 2.05) is 6.07 Å². The van der Waals surface area contributed by atoms with Gasteiger partial charge >= 0.3 is 0 Å². The molecule has 0 atom stereocenters. The van der Waals surface area contributed by atoms with Crippen LogP contribution in [0.3, 0.4) is 0 Å². The summed E-state index contributed by atoms with van der Waals surface area (Å²) >= 11 is 0. The van der Waals surface area contributed by atoms with Gasteiger partial charge in [0.05, 0.1) is 10.6 Å². The Hall–Kier alpha value is -2.34. The Morgan fingerprint density at radius 3 is 2.48 bits per heavy atom. The third-order valence-electron chi connectivity index (χ3n) is 3.79. The first-order chi connectivity index (χ1) is 11.1. The average Bonchev–Trinajstić information content (AvgIpc) is 2.56. The summed E-state index contributed by atoms with van der Waals surface area (Å²) in [5.74, 6) is 0.0827. The van der Waals surface area contributed by atoms with Gasteiger partial charge in [-0.25, -0.2) is 8.42 Å². The van der Waals surface area contributed by atoms with E-state index in [2.05, 4.69) is 4.72 Å². The molecule has 1 saturated heterocycles. The summed E-state index contributed by atoms with van der Waals surface area (Å²) in [4.78, 5) is 13.9. The Bertz CT molecular complexity index is 804. The number of nitrogens with one attached hydrogen (secondary N) is 1. The van der Waals surface area contributed by atoms with Crippen LogP contribution in [0.2, 0.25) is 0 Å². The highest BCUT2D eigenvalue weighted by atomic mass is 32.2. The molecular weight excluding hydrogens is 312 g/mol. The molecule has 6 heteroatoms. The number of carbonyl (C=O) groups is 1. The van der Waals surface area contributed by atoms with Gasteiger partial charge in [0.15, 0.2) is 0 Å². The largest absolute Gasteiger partial charge is 0.312 e. The SMILES string of the molecule is O=C1CCCCN1c1cccc(NS(=O)(=O)c2ccccc2)c1. The molecule has 0 aromatic heterocycles. The Balaban J connectivity index is 1.84. The summed E-state index contributed by atoms with van der Waals surface area (Å²) in [6.45, 7) is 0.674. The molecule has 23 heavy (non-hydrogen) atoms. The van der Waals surface area contributed by atoms with Crippen LogP contribution in [0.1, 0.15) is 19.3 Å². The molecule has 1 amide bonds. The van der Waals surface area contributed by atoms with E-state index in [4.69, 9.17) is 0 Å². The van der Waals surface area contributed by atoms with Crippen molar-refractivity contribution in [3.8, 4) is 0 Å². The Morgan fingerprint density at radius 2 is 1.74 bits per heavy atom. The summed E-state index contributed by atoms with van der Waals surface area (Å²) in [6, 6.07) is 15.2. The number of piperidine rings is 1. The number of amides is 1. The highest BCUT2D eigenvalue weighted by molar-refractivity contribution is 7.92. The lowest BCUT2D eigenvalue weighted by molar-refractivity contribution is -0.119. The Kier molecular flexibility index (Phi) is 4.34. The zero-order valence-electron chi connectivity index (χ0n) is 12.6. The van der Waals surface area contributed by atoms with Gasteiger partial charge in [0.25, 0.3) is 10.0 Å². The summed E-state index contributed by atoms with van der Waals surface area (Å²) in [5, 5.41) is 0. The first kappa shape index (κ1) is 15.6. The molecule has 5 nitrogen and oxygen atoms in total. The molecule has 1 aliphatic heterocycles. The van der Waals surface area contributed by atoms with E-state index in [0.717, 1.165) is 18.5 Å². The van der Waals surface area contributed by atoms with Gasteiger partial charge in [-0.3, -0.25) is 9.52 Å². The molecule has 1 fully saturated rings. The number of sulfonamides is 1. The predicted molar refractivity (Wildman–Crippen MR) is 89.9 cm³/mol. The molecule has 0 radical (unpaired) electrons.